The van der Waals surface area contributed by atoms with E-state index in [4.69, 9.17) is 10.7 Å². The number of carbonyl (C=O) groups is 2. The Hall–Kier alpha value is -3.69. The van der Waals surface area contributed by atoms with Gasteiger partial charge in [-0.25, -0.2) is 4.98 Å². The number of allylic oxidation sites excluding steroid dienone is 1. The van der Waals surface area contributed by atoms with Gasteiger partial charge in [-0.3, -0.25) is 19.0 Å². The number of hydrogen-bond acceptors (Lipinski definition) is 6. The Morgan fingerprint density at radius 3 is 2.56 bits per heavy atom. The summed E-state index contributed by atoms with van der Waals surface area (Å²) in [7, 11) is 0. The molecule has 0 spiro atoms. The van der Waals surface area contributed by atoms with E-state index in [0.29, 0.717) is 26.6 Å². The van der Waals surface area contributed by atoms with Crippen molar-refractivity contribution in [1.82, 2.24) is 9.55 Å². The Bertz CT molecular complexity index is 1430. The van der Waals surface area contributed by atoms with Gasteiger partial charge in [0.05, 0.1) is 10.6 Å². The molecule has 0 aliphatic rings. The van der Waals surface area contributed by atoms with Gasteiger partial charge in [0, 0.05) is 22.7 Å². The minimum atomic E-state index is -0.537. The van der Waals surface area contributed by atoms with E-state index in [-0.39, 0.29) is 18.0 Å². The van der Waals surface area contributed by atoms with E-state index in [1.54, 1.807) is 37.3 Å². The molecule has 0 aliphatic heterocycles. The van der Waals surface area contributed by atoms with Crippen LogP contribution in [0.25, 0.3) is 20.7 Å². The Morgan fingerprint density at radius 1 is 1.21 bits per heavy atom. The predicted molar refractivity (Wildman–Crippen MR) is 138 cm³/mol. The molecule has 0 radical (unpaired) electrons. The van der Waals surface area contributed by atoms with Crippen molar-refractivity contribution >= 4 is 50.8 Å². The Balaban J connectivity index is 1.61. The molecule has 3 N–H and O–H groups in total. The summed E-state index contributed by atoms with van der Waals surface area (Å²) >= 11 is 2.65. The van der Waals surface area contributed by atoms with Crippen LogP contribution in [0, 0.1) is 0 Å². The van der Waals surface area contributed by atoms with Crippen LogP contribution < -0.4 is 16.6 Å². The fourth-order valence-corrected chi connectivity index (χ4v) is 5.29. The number of nitrogens with one attached hydrogen (secondary N) is 1. The van der Waals surface area contributed by atoms with E-state index >= 15 is 0 Å². The maximum absolute atomic E-state index is 13.2. The van der Waals surface area contributed by atoms with Crippen LogP contribution in [-0.2, 0) is 11.3 Å². The molecular weight excluding hydrogens is 468 g/mol. The molecule has 4 aromatic rings. The smallest absolute Gasteiger partial charge is 0.263 e. The number of benzene rings is 2. The summed E-state index contributed by atoms with van der Waals surface area (Å²) in [6.45, 7) is 5.78. The second kappa shape index (κ2) is 10.1. The second-order valence-electron chi connectivity index (χ2n) is 7.49. The first-order chi connectivity index (χ1) is 16.4. The highest BCUT2D eigenvalue weighted by Gasteiger charge is 2.21. The molecule has 0 saturated heterocycles. The lowest BCUT2D eigenvalue weighted by molar-refractivity contribution is -0.115. The summed E-state index contributed by atoms with van der Waals surface area (Å²) < 4.78 is 1.53. The third kappa shape index (κ3) is 4.95. The third-order valence-corrected chi connectivity index (χ3v) is 7.24. The lowest BCUT2D eigenvalue weighted by atomic mass is 10.2. The van der Waals surface area contributed by atoms with E-state index in [2.05, 4.69) is 11.9 Å². The number of primary amides is 1. The number of carbonyl (C=O) groups excluding carboxylic acids is 2. The molecule has 34 heavy (non-hydrogen) atoms. The predicted octanol–water partition coefficient (Wildman–Crippen LogP) is 4.53. The molecule has 2 amide bonds. The van der Waals surface area contributed by atoms with Crippen LogP contribution in [0.5, 0.6) is 0 Å². The molecule has 0 bridgehead atoms. The Labute approximate surface area is 204 Å². The summed E-state index contributed by atoms with van der Waals surface area (Å²) in [5.74, 6) is -0.792. The van der Waals surface area contributed by atoms with Gasteiger partial charge in [0.25, 0.3) is 5.56 Å². The van der Waals surface area contributed by atoms with Crippen molar-refractivity contribution in [2.45, 2.75) is 23.9 Å². The average molecular weight is 491 g/mol. The van der Waals surface area contributed by atoms with Crippen molar-refractivity contribution < 1.29 is 9.59 Å². The highest BCUT2D eigenvalue weighted by Crippen LogP contribution is 2.33. The summed E-state index contributed by atoms with van der Waals surface area (Å²) in [6.07, 6.45) is 1.63. The van der Waals surface area contributed by atoms with E-state index in [1.165, 1.54) is 27.7 Å². The van der Waals surface area contributed by atoms with Crippen LogP contribution in [0.2, 0.25) is 0 Å². The average Bonchev–Trinajstić information content (AvgIpc) is 3.27. The van der Waals surface area contributed by atoms with Gasteiger partial charge in [0.15, 0.2) is 5.16 Å². The zero-order valence-corrected chi connectivity index (χ0v) is 20.0. The van der Waals surface area contributed by atoms with Crippen LogP contribution in [0.15, 0.2) is 83.3 Å². The maximum Gasteiger partial charge on any atom is 0.263 e. The number of amides is 2. The fraction of sp³-hybridized carbons (Fsp3) is 0.120. The SMILES string of the molecule is C=CCn1c(SC(C)C(=O)Nc2ccc(C(N)=O)cc2)nc2sc(-c3ccccc3)cc2c1=O. The van der Waals surface area contributed by atoms with Gasteiger partial charge in [-0.15, -0.1) is 17.9 Å². The van der Waals surface area contributed by atoms with Crippen molar-refractivity contribution in [1.29, 1.82) is 0 Å². The second-order valence-corrected chi connectivity index (χ2v) is 9.82. The summed E-state index contributed by atoms with van der Waals surface area (Å²) in [4.78, 5) is 43.6. The zero-order valence-electron chi connectivity index (χ0n) is 18.4. The topological polar surface area (TPSA) is 107 Å². The van der Waals surface area contributed by atoms with E-state index in [9.17, 15) is 14.4 Å². The van der Waals surface area contributed by atoms with Crippen molar-refractivity contribution in [2.75, 3.05) is 5.32 Å². The fourth-order valence-electron chi connectivity index (χ4n) is 3.30. The van der Waals surface area contributed by atoms with Gasteiger partial charge < -0.3 is 11.1 Å². The zero-order chi connectivity index (χ0) is 24.2. The van der Waals surface area contributed by atoms with E-state index in [1.807, 2.05) is 36.4 Å². The van der Waals surface area contributed by atoms with Gasteiger partial charge >= 0.3 is 0 Å². The minimum Gasteiger partial charge on any atom is -0.366 e. The summed E-state index contributed by atoms with van der Waals surface area (Å²) in [5.41, 5.74) is 7.01. The monoisotopic (exact) mass is 490 g/mol. The van der Waals surface area contributed by atoms with Gasteiger partial charge in [0.2, 0.25) is 11.8 Å². The molecule has 1 atom stereocenters. The maximum atomic E-state index is 13.2. The first-order valence-corrected chi connectivity index (χ1v) is 12.1. The number of nitrogens with two attached hydrogens (primary N) is 1. The highest BCUT2D eigenvalue weighted by molar-refractivity contribution is 8.00. The highest BCUT2D eigenvalue weighted by atomic mass is 32.2. The molecule has 2 heterocycles. The van der Waals surface area contributed by atoms with Gasteiger partial charge in [0.1, 0.15) is 4.83 Å². The van der Waals surface area contributed by atoms with Crippen molar-refractivity contribution in [3.8, 4) is 10.4 Å². The summed E-state index contributed by atoms with van der Waals surface area (Å²) in [5, 5.41) is 3.27. The number of hydrogen-bond donors (Lipinski definition) is 2. The molecule has 9 heteroatoms. The van der Waals surface area contributed by atoms with E-state index < -0.39 is 11.2 Å². The van der Waals surface area contributed by atoms with Crippen molar-refractivity contribution in [3.05, 3.63) is 89.2 Å². The van der Waals surface area contributed by atoms with Crippen LogP contribution >= 0.6 is 23.1 Å². The molecule has 172 valence electrons. The minimum absolute atomic E-state index is 0.166. The Kier molecular flexibility index (Phi) is 6.95. The third-order valence-electron chi connectivity index (χ3n) is 5.07. The molecule has 0 aliphatic carbocycles. The number of nitrogens with zero attached hydrogens (tertiary/aromatic N) is 2. The van der Waals surface area contributed by atoms with Crippen LogP contribution in [0.1, 0.15) is 17.3 Å². The largest absolute Gasteiger partial charge is 0.366 e. The molecule has 2 aromatic heterocycles. The quantitative estimate of drug-likeness (QED) is 0.214. The number of anilines is 1. The molecule has 1 unspecified atom stereocenters. The lowest BCUT2D eigenvalue weighted by Crippen LogP contribution is -2.26. The molecule has 7 nitrogen and oxygen atoms in total. The first-order valence-electron chi connectivity index (χ1n) is 10.5. The van der Waals surface area contributed by atoms with Crippen LogP contribution in [-0.4, -0.2) is 26.6 Å². The number of thioether (sulfide) groups is 1. The van der Waals surface area contributed by atoms with Crippen molar-refractivity contribution in [2.24, 2.45) is 5.73 Å². The number of aromatic nitrogens is 2. The first kappa shape index (κ1) is 23.5. The normalized spacial score (nSPS) is 11.8. The number of thiophene rings is 1. The van der Waals surface area contributed by atoms with Crippen molar-refractivity contribution in [3.63, 3.8) is 0 Å². The molecule has 0 saturated carbocycles. The Morgan fingerprint density at radius 2 is 1.91 bits per heavy atom. The molecular formula is C25H22N4O3S2. The number of rotatable bonds is 8. The van der Waals surface area contributed by atoms with E-state index in [0.717, 1.165) is 10.4 Å². The summed E-state index contributed by atoms with van der Waals surface area (Å²) in [6, 6.07) is 18.0. The molecule has 4 rings (SSSR count). The van der Waals surface area contributed by atoms with Crippen LogP contribution in [0.3, 0.4) is 0 Å². The van der Waals surface area contributed by atoms with Crippen LogP contribution in [0.4, 0.5) is 5.69 Å². The molecule has 0 fully saturated rings. The lowest BCUT2D eigenvalue weighted by Gasteiger charge is -2.15. The number of fused-ring (bicyclic) bond motifs is 1. The van der Waals surface area contributed by atoms with Gasteiger partial charge in [-0.2, -0.15) is 0 Å². The molecule has 2 aromatic carbocycles. The van der Waals surface area contributed by atoms with Gasteiger partial charge in [-0.1, -0.05) is 48.2 Å². The standard InChI is InChI=1S/C25H22N4O3S2/c1-3-13-29-24(32)19-14-20(16-7-5-4-6-8-16)34-23(19)28-25(29)33-15(2)22(31)27-18-11-9-17(10-12-18)21(26)30/h3-12,14-15H,1,13H2,2H3,(H2,26,30)(H,27,31). The van der Waals surface area contributed by atoms with Gasteiger partial charge in [-0.05, 0) is 42.8 Å².